The highest BCUT2D eigenvalue weighted by molar-refractivity contribution is 6.30. The van der Waals surface area contributed by atoms with Crippen molar-refractivity contribution < 1.29 is 14.3 Å². The third-order valence-electron chi connectivity index (χ3n) is 4.54. The lowest BCUT2D eigenvalue weighted by atomic mass is 10.1. The van der Waals surface area contributed by atoms with Crippen LogP contribution >= 0.6 is 11.6 Å². The highest BCUT2D eigenvalue weighted by Crippen LogP contribution is 2.32. The van der Waals surface area contributed by atoms with Gasteiger partial charge in [-0.25, -0.2) is 0 Å². The molecule has 1 heterocycles. The second-order valence-electron chi connectivity index (χ2n) is 6.34. The standard InChI is InChI=1S/C21H21ClN2O4/c1-24-12-17(20(25)23-9-8-13-4-6-14(22)7-5-13)15-10-18(27-2)19(28-3)11-16(15)21(24)26/h4-7,10-12H,8-9H2,1-3H3,(H,23,25). The minimum Gasteiger partial charge on any atom is -0.493 e. The number of amides is 1. The van der Waals surface area contributed by atoms with Crippen LogP contribution in [0.3, 0.4) is 0 Å². The Morgan fingerprint density at radius 1 is 1.07 bits per heavy atom. The van der Waals surface area contributed by atoms with E-state index in [4.69, 9.17) is 21.1 Å². The molecule has 3 aromatic rings. The number of carbonyl (C=O) groups excluding carboxylic acids is 1. The lowest BCUT2D eigenvalue weighted by Gasteiger charge is -2.13. The molecule has 3 rings (SSSR count). The fourth-order valence-electron chi connectivity index (χ4n) is 3.04. The summed E-state index contributed by atoms with van der Waals surface area (Å²) in [5.41, 5.74) is 1.25. The SMILES string of the molecule is COc1cc2c(C(=O)NCCc3ccc(Cl)cc3)cn(C)c(=O)c2cc1OC. The molecule has 0 spiro atoms. The molecule has 0 saturated heterocycles. The molecule has 0 saturated carbocycles. The van der Waals surface area contributed by atoms with Gasteiger partial charge < -0.3 is 19.4 Å². The second kappa shape index (κ2) is 8.35. The number of benzene rings is 2. The van der Waals surface area contributed by atoms with Crippen molar-refractivity contribution >= 4 is 28.3 Å². The van der Waals surface area contributed by atoms with E-state index in [2.05, 4.69) is 5.32 Å². The van der Waals surface area contributed by atoms with Crippen molar-refractivity contribution in [3.63, 3.8) is 0 Å². The normalized spacial score (nSPS) is 10.7. The number of aromatic nitrogens is 1. The quantitative estimate of drug-likeness (QED) is 0.690. The van der Waals surface area contributed by atoms with Crippen LogP contribution in [-0.2, 0) is 13.5 Å². The first-order valence-electron chi connectivity index (χ1n) is 8.72. The molecule has 1 amide bonds. The van der Waals surface area contributed by atoms with Gasteiger partial charge >= 0.3 is 0 Å². The summed E-state index contributed by atoms with van der Waals surface area (Å²) in [6, 6.07) is 10.7. The Balaban J connectivity index is 1.90. The zero-order valence-electron chi connectivity index (χ0n) is 15.9. The topological polar surface area (TPSA) is 69.6 Å². The number of methoxy groups -OCH3 is 2. The fraction of sp³-hybridized carbons (Fsp3) is 0.238. The molecule has 0 aliphatic rings. The molecule has 0 unspecified atom stereocenters. The smallest absolute Gasteiger partial charge is 0.258 e. The highest BCUT2D eigenvalue weighted by atomic mass is 35.5. The molecule has 0 aliphatic carbocycles. The van der Waals surface area contributed by atoms with Crippen LogP contribution in [0, 0.1) is 0 Å². The number of halogens is 1. The van der Waals surface area contributed by atoms with Gasteiger partial charge in [-0.05, 0) is 36.2 Å². The van der Waals surface area contributed by atoms with Crippen molar-refractivity contribution in [2.75, 3.05) is 20.8 Å². The Hall–Kier alpha value is -2.99. The third-order valence-corrected chi connectivity index (χ3v) is 4.80. The maximum atomic E-state index is 12.8. The Morgan fingerprint density at radius 2 is 1.68 bits per heavy atom. The lowest BCUT2D eigenvalue weighted by Crippen LogP contribution is -2.28. The maximum Gasteiger partial charge on any atom is 0.258 e. The number of nitrogens with zero attached hydrogens (tertiary/aromatic N) is 1. The van der Waals surface area contributed by atoms with Crippen molar-refractivity contribution in [3.05, 3.63) is 69.1 Å². The summed E-state index contributed by atoms with van der Waals surface area (Å²) in [6.07, 6.45) is 2.21. The van der Waals surface area contributed by atoms with Crippen LogP contribution in [0.1, 0.15) is 15.9 Å². The van der Waals surface area contributed by atoms with E-state index in [-0.39, 0.29) is 11.5 Å². The average molecular weight is 401 g/mol. The predicted molar refractivity (Wildman–Crippen MR) is 110 cm³/mol. The largest absolute Gasteiger partial charge is 0.493 e. The van der Waals surface area contributed by atoms with E-state index < -0.39 is 0 Å². The first-order chi connectivity index (χ1) is 13.4. The number of aryl methyl sites for hydroxylation is 1. The molecule has 7 heteroatoms. The number of fused-ring (bicyclic) bond motifs is 1. The first-order valence-corrected chi connectivity index (χ1v) is 9.10. The van der Waals surface area contributed by atoms with Crippen LogP contribution < -0.4 is 20.3 Å². The van der Waals surface area contributed by atoms with Gasteiger partial charge in [0.05, 0.1) is 25.2 Å². The predicted octanol–water partition coefficient (Wildman–Crippen LogP) is 3.18. The van der Waals surface area contributed by atoms with Crippen molar-refractivity contribution in [2.24, 2.45) is 7.05 Å². The number of ether oxygens (including phenoxy) is 2. The molecular weight excluding hydrogens is 380 g/mol. The van der Waals surface area contributed by atoms with Gasteiger partial charge in [-0.2, -0.15) is 0 Å². The molecule has 0 fully saturated rings. The Kier molecular flexibility index (Phi) is 5.90. The summed E-state index contributed by atoms with van der Waals surface area (Å²) in [4.78, 5) is 25.3. The van der Waals surface area contributed by atoms with E-state index in [1.54, 1.807) is 19.2 Å². The Morgan fingerprint density at radius 3 is 2.29 bits per heavy atom. The molecule has 0 bridgehead atoms. The number of hydrogen-bond donors (Lipinski definition) is 1. The number of pyridine rings is 1. The summed E-state index contributed by atoms with van der Waals surface area (Å²) in [6.45, 7) is 0.456. The van der Waals surface area contributed by atoms with Crippen LogP contribution in [-0.4, -0.2) is 31.2 Å². The van der Waals surface area contributed by atoms with Crippen LogP contribution in [0.4, 0.5) is 0 Å². The van der Waals surface area contributed by atoms with E-state index in [0.717, 1.165) is 5.56 Å². The van der Waals surface area contributed by atoms with Gasteiger partial charge in [0.25, 0.3) is 11.5 Å². The van der Waals surface area contributed by atoms with Crippen LogP contribution in [0.15, 0.2) is 47.4 Å². The monoisotopic (exact) mass is 400 g/mol. The van der Waals surface area contributed by atoms with Crippen LogP contribution in [0.2, 0.25) is 5.02 Å². The van der Waals surface area contributed by atoms with Crippen LogP contribution in [0.25, 0.3) is 10.8 Å². The van der Waals surface area contributed by atoms with E-state index in [0.29, 0.717) is 45.8 Å². The zero-order valence-corrected chi connectivity index (χ0v) is 16.7. The second-order valence-corrected chi connectivity index (χ2v) is 6.78. The minimum atomic E-state index is -0.262. The zero-order chi connectivity index (χ0) is 20.3. The fourth-order valence-corrected chi connectivity index (χ4v) is 3.16. The Labute approximate surface area is 167 Å². The molecule has 146 valence electrons. The van der Waals surface area contributed by atoms with E-state index in [9.17, 15) is 9.59 Å². The minimum absolute atomic E-state index is 0.214. The number of hydrogen-bond acceptors (Lipinski definition) is 4. The van der Waals surface area contributed by atoms with Crippen molar-refractivity contribution in [2.45, 2.75) is 6.42 Å². The van der Waals surface area contributed by atoms with Crippen molar-refractivity contribution in [1.29, 1.82) is 0 Å². The van der Waals surface area contributed by atoms with Crippen molar-refractivity contribution in [3.8, 4) is 11.5 Å². The molecule has 1 N–H and O–H groups in total. The molecule has 2 aromatic carbocycles. The third kappa shape index (κ3) is 3.97. The molecule has 28 heavy (non-hydrogen) atoms. The van der Waals surface area contributed by atoms with E-state index in [1.165, 1.54) is 25.0 Å². The lowest BCUT2D eigenvalue weighted by molar-refractivity contribution is 0.0955. The van der Waals surface area contributed by atoms with Gasteiger partial charge in [-0.15, -0.1) is 0 Å². The summed E-state index contributed by atoms with van der Waals surface area (Å²) in [5, 5.41) is 4.49. The number of rotatable bonds is 6. The van der Waals surface area contributed by atoms with Gasteiger partial charge in [0.1, 0.15) is 0 Å². The first kappa shape index (κ1) is 19.8. The van der Waals surface area contributed by atoms with Gasteiger partial charge in [-0.1, -0.05) is 23.7 Å². The van der Waals surface area contributed by atoms with E-state index >= 15 is 0 Å². The number of nitrogens with one attached hydrogen (secondary N) is 1. The summed E-state index contributed by atoms with van der Waals surface area (Å²) >= 11 is 5.89. The van der Waals surface area contributed by atoms with Crippen molar-refractivity contribution in [1.82, 2.24) is 9.88 Å². The van der Waals surface area contributed by atoms with Gasteiger partial charge in [0.2, 0.25) is 0 Å². The molecular formula is C21H21ClN2O4. The summed E-state index contributed by atoms with van der Waals surface area (Å²) in [7, 11) is 4.63. The molecule has 0 radical (unpaired) electrons. The van der Waals surface area contributed by atoms with Gasteiger partial charge in [0.15, 0.2) is 11.5 Å². The highest BCUT2D eigenvalue weighted by Gasteiger charge is 2.17. The number of carbonyl (C=O) groups is 1. The molecule has 0 aliphatic heterocycles. The average Bonchev–Trinajstić information content (AvgIpc) is 2.71. The van der Waals surface area contributed by atoms with Gasteiger partial charge in [0, 0.05) is 30.2 Å². The summed E-state index contributed by atoms with van der Waals surface area (Å²) in [5.74, 6) is 0.632. The Bertz CT molecular complexity index is 1070. The molecule has 1 aromatic heterocycles. The molecule has 6 nitrogen and oxygen atoms in total. The summed E-state index contributed by atoms with van der Waals surface area (Å²) < 4.78 is 12.0. The van der Waals surface area contributed by atoms with Gasteiger partial charge in [-0.3, -0.25) is 9.59 Å². The molecule has 0 atom stereocenters. The van der Waals surface area contributed by atoms with E-state index in [1.807, 2.05) is 24.3 Å². The maximum absolute atomic E-state index is 12.8. The van der Waals surface area contributed by atoms with Crippen LogP contribution in [0.5, 0.6) is 11.5 Å².